The fourth-order valence-corrected chi connectivity index (χ4v) is 3.68. The number of ether oxygens (including phenoxy) is 1. The molecule has 3 rings (SSSR count). The van der Waals surface area contributed by atoms with Gasteiger partial charge < -0.3 is 19.9 Å². The molecule has 0 radical (unpaired) electrons. The molecule has 6 heteroatoms. The van der Waals surface area contributed by atoms with E-state index < -0.39 is 0 Å². The topological polar surface area (TPSA) is 61.9 Å². The van der Waals surface area contributed by atoms with Crippen LogP contribution in [0.1, 0.15) is 50.9 Å². The Morgan fingerprint density at radius 1 is 1.00 bits per heavy atom. The van der Waals surface area contributed by atoms with Crippen LogP contribution in [0.3, 0.4) is 0 Å². The highest BCUT2D eigenvalue weighted by Crippen LogP contribution is 2.22. The van der Waals surface area contributed by atoms with Crippen molar-refractivity contribution < 1.29 is 14.3 Å². The summed E-state index contributed by atoms with van der Waals surface area (Å²) in [6.45, 7) is 11.4. The molecule has 32 heavy (non-hydrogen) atoms. The van der Waals surface area contributed by atoms with Crippen molar-refractivity contribution >= 4 is 23.2 Å². The van der Waals surface area contributed by atoms with Crippen molar-refractivity contribution in [2.45, 2.75) is 46.6 Å². The van der Waals surface area contributed by atoms with Crippen LogP contribution in [0.2, 0.25) is 0 Å². The first-order valence-corrected chi connectivity index (χ1v) is 11.6. The zero-order chi connectivity index (χ0) is 23.1. The summed E-state index contributed by atoms with van der Waals surface area (Å²) in [6.07, 6.45) is 1.63. The Labute approximate surface area is 191 Å². The number of carbonyl (C=O) groups excluding carboxylic acids is 2. The average Bonchev–Trinajstić information content (AvgIpc) is 2.79. The van der Waals surface area contributed by atoms with Gasteiger partial charge in [-0.3, -0.25) is 9.59 Å². The normalized spacial score (nSPS) is 14.9. The third kappa shape index (κ3) is 6.49. The lowest BCUT2D eigenvalue weighted by Crippen LogP contribution is -2.49. The fraction of sp³-hybridized carbons (Fsp3) is 0.462. The number of hydrogen-bond donors (Lipinski definition) is 1. The van der Waals surface area contributed by atoms with Crippen LogP contribution in [0.4, 0.5) is 11.4 Å². The van der Waals surface area contributed by atoms with Gasteiger partial charge in [0.1, 0.15) is 5.75 Å². The first-order chi connectivity index (χ1) is 15.4. The smallest absolute Gasteiger partial charge is 0.255 e. The van der Waals surface area contributed by atoms with E-state index in [-0.39, 0.29) is 17.9 Å². The molecule has 6 nitrogen and oxygen atoms in total. The number of benzene rings is 2. The minimum absolute atomic E-state index is 0.107. The summed E-state index contributed by atoms with van der Waals surface area (Å²) in [5.74, 6) is 1.17. The van der Waals surface area contributed by atoms with Gasteiger partial charge in [-0.1, -0.05) is 26.8 Å². The lowest BCUT2D eigenvalue weighted by Gasteiger charge is -2.36. The molecule has 1 saturated heterocycles. The average molecular weight is 438 g/mol. The van der Waals surface area contributed by atoms with E-state index in [1.165, 1.54) is 0 Å². The van der Waals surface area contributed by atoms with Crippen molar-refractivity contribution in [1.82, 2.24) is 4.90 Å². The van der Waals surface area contributed by atoms with E-state index >= 15 is 0 Å². The summed E-state index contributed by atoms with van der Waals surface area (Å²) in [5, 5.41) is 2.96. The molecule has 1 atom stereocenters. The Balaban J connectivity index is 1.55. The Kier molecular flexibility index (Phi) is 8.14. The van der Waals surface area contributed by atoms with Crippen molar-refractivity contribution in [3.05, 3.63) is 54.1 Å². The van der Waals surface area contributed by atoms with E-state index in [0.717, 1.165) is 44.0 Å². The molecule has 0 bridgehead atoms. The molecular weight excluding hydrogens is 402 g/mol. The Bertz CT molecular complexity index is 903. The third-order valence-electron chi connectivity index (χ3n) is 5.71. The van der Waals surface area contributed by atoms with Crippen LogP contribution >= 0.6 is 0 Å². The van der Waals surface area contributed by atoms with Gasteiger partial charge in [0, 0.05) is 49.5 Å². The van der Waals surface area contributed by atoms with Crippen LogP contribution in [-0.2, 0) is 4.79 Å². The summed E-state index contributed by atoms with van der Waals surface area (Å²) in [5.41, 5.74) is 2.41. The van der Waals surface area contributed by atoms with Gasteiger partial charge in [-0.15, -0.1) is 0 Å². The standard InChI is InChI=1S/C26H35N3O3/c1-5-20(4)32-24-8-6-7-21(18-24)26(31)27-22-9-11-23(12-10-22)28-13-15-29(16-14-28)25(30)17-19(2)3/h6-12,18-20H,5,13-17H2,1-4H3,(H,27,31). The van der Waals surface area contributed by atoms with Crippen molar-refractivity contribution in [1.29, 1.82) is 0 Å². The van der Waals surface area contributed by atoms with Crippen molar-refractivity contribution in [2.24, 2.45) is 5.92 Å². The molecule has 1 N–H and O–H groups in total. The van der Waals surface area contributed by atoms with Crippen LogP contribution < -0.4 is 15.0 Å². The molecular formula is C26H35N3O3. The summed E-state index contributed by atoms with van der Waals surface area (Å²) in [6, 6.07) is 15.1. The molecule has 1 aliphatic rings. The Hall–Kier alpha value is -3.02. The number of anilines is 2. The van der Waals surface area contributed by atoms with Gasteiger partial charge in [0.2, 0.25) is 5.91 Å². The van der Waals surface area contributed by atoms with E-state index in [4.69, 9.17) is 4.74 Å². The molecule has 2 amide bonds. The van der Waals surface area contributed by atoms with Gasteiger partial charge >= 0.3 is 0 Å². The first-order valence-electron chi connectivity index (χ1n) is 11.6. The lowest BCUT2D eigenvalue weighted by atomic mass is 10.1. The molecule has 0 saturated carbocycles. The highest BCUT2D eigenvalue weighted by Gasteiger charge is 2.21. The first kappa shape index (κ1) is 23.6. The summed E-state index contributed by atoms with van der Waals surface area (Å²) in [7, 11) is 0. The maximum atomic E-state index is 12.7. The van der Waals surface area contributed by atoms with Gasteiger partial charge in [0.25, 0.3) is 5.91 Å². The summed E-state index contributed by atoms with van der Waals surface area (Å²) in [4.78, 5) is 29.2. The predicted octanol–water partition coefficient (Wildman–Crippen LogP) is 4.81. The molecule has 1 unspecified atom stereocenters. The quantitative estimate of drug-likeness (QED) is 0.644. The lowest BCUT2D eigenvalue weighted by molar-refractivity contribution is -0.132. The van der Waals surface area contributed by atoms with Gasteiger partial charge in [-0.2, -0.15) is 0 Å². The maximum Gasteiger partial charge on any atom is 0.255 e. The van der Waals surface area contributed by atoms with E-state index in [2.05, 4.69) is 31.0 Å². The van der Waals surface area contributed by atoms with Crippen LogP contribution in [-0.4, -0.2) is 49.0 Å². The largest absolute Gasteiger partial charge is 0.491 e. The maximum absolute atomic E-state index is 12.7. The van der Waals surface area contributed by atoms with Gasteiger partial charge in [0.05, 0.1) is 6.10 Å². The predicted molar refractivity (Wildman–Crippen MR) is 129 cm³/mol. The number of amides is 2. The highest BCUT2D eigenvalue weighted by molar-refractivity contribution is 6.04. The second-order valence-electron chi connectivity index (χ2n) is 8.83. The second-order valence-corrected chi connectivity index (χ2v) is 8.83. The monoisotopic (exact) mass is 437 g/mol. The number of nitrogens with one attached hydrogen (secondary N) is 1. The van der Waals surface area contributed by atoms with Crippen molar-refractivity contribution in [3.8, 4) is 5.75 Å². The van der Waals surface area contributed by atoms with Gasteiger partial charge in [-0.25, -0.2) is 0 Å². The Morgan fingerprint density at radius 2 is 1.69 bits per heavy atom. The van der Waals surface area contributed by atoms with Crippen LogP contribution in [0, 0.1) is 5.92 Å². The molecule has 0 aromatic heterocycles. The van der Waals surface area contributed by atoms with E-state index in [9.17, 15) is 9.59 Å². The Morgan fingerprint density at radius 3 is 2.31 bits per heavy atom. The van der Waals surface area contributed by atoms with Gasteiger partial charge in [-0.05, 0) is 61.7 Å². The number of rotatable bonds is 8. The molecule has 1 aliphatic heterocycles. The molecule has 1 heterocycles. The number of piperazine rings is 1. The molecule has 1 fully saturated rings. The van der Waals surface area contributed by atoms with Crippen LogP contribution in [0.25, 0.3) is 0 Å². The van der Waals surface area contributed by atoms with E-state index in [1.807, 2.05) is 48.2 Å². The molecule has 0 aliphatic carbocycles. The minimum atomic E-state index is -0.162. The summed E-state index contributed by atoms with van der Waals surface area (Å²) < 4.78 is 5.82. The van der Waals surface area contributed by atoms with Crippen molar-refractivity contribution in [3.63, 3.8) is 0 Å². The number of nitrogens with zero attached hydrogens (tertiary/aromatic N) is 2. The molecule has 0 spiro atoms. The summed E-state index contributed by atoms with van der Waals surface area (Å²) >= 11 is 0. The van der Waals surface area contributed by atoms with Crippen LogP contribution in [0.5, 0.6) is 5.75 Å². The zero-order valence-electron chi connectivity index (χ0n) is 19.6. The molecule has 2 aromatic rings. The third-order valence-corrected chi connectivity index (χ3v) is 5.71. The van der Waals surface area contributed by atoms with Crippen molar-refractivity contribution in [2.75, 3.05) is 36.4 Å². The number of hydrogen-bond acceptors (Lipinski definition) is 4. The zero-order valence-corrected chi connectivity index (χ0v) is 19.6. The second kappa shape index (κ2) is 11.0. The molecule has 172 valence electrons. The fourth-order valence-electron chi connectivity index (χ4n) is 3.68. The molecule has 2 aromatic carbocycles. The SMILES string of the molecule is CCC(C)Oc1cccc(C(=O)Nc2ccc(N3CCN(C(=O)CC(C)C)CC3)cc2)c1. The van der Waals surface area contributed by atoms with E-state index in [1.54, 1.807) is 12.1 Å². The van der Waals surface area contributed by atoms with E-state index in [0.29, 0.717) is 23.7 Å². The highest BCUT2D eigenvalue weighted by atomic mass is 16.5. The minimum Gasteiger partial charge on any atom is -0.491 e. The van der Waals surface area contributed by atoms with Crippen LogP contribution in [0.15, 0.2) is 48.5 Å². The van der Waals surface area contributed by atoms with Gasteiger partial charge in [0.15, 0.2) is 0 Å². The number of carbonyl (C=O) groups is 2.